The molecule has 2 nitrogen and oxygen atoms in total. The molecular weight excluding hydrogens is 252 g/mol. The molecule has 0 unspecified atom stereocenters. The Hall–Kier alpha value is -0.410. The van der Waals surface area contributed by atoms with E-state index in [2.05, 4.69) is 12.2 Å². The molecule has 0 radical (unpaired) electrons. The molecule has 0 spiro atoms. The first-order valence-electron chi connectivity index (χ1n) is 8.02. The van der Waals surface area contributed by atoms with Crippen molar-refractivity contribution in [3.63, 3.8) is 0 Å². The van der Waals surface area contributed by atoms with Gasteiger partial charge in [-0.05, 0) is 63.7 Å². The van der Waals surface area contributed by atoms with Crippen LogP contribution in [0.1, 0.15) is 67.4 Å². The van der Waals surface area contributed by atoms with E-state index in [1.807, 2.05) is 11.3 Å². The summed E-state index contributed by atoms with van der Waals surface area (Å²) in [6.07, 6.45) is 11.9. The minimum atomic E-state index is 0.239. The van der Waals surface area contributed by atoms with E-state index < -0.39 is 0 Å². The predicted molar refractivity (Wildman–Crippen MR) is 79.6 cm³/mol. The Morgan fingerprint density at radius 2 is 1.95 bits per heavy atom. The minimum absolute atomic E-state index is 0.239. The highest BCUT2D eigenvalue weighted by Gasteiger charge is 2.42. The summed E-state index contributed by atoms with van der Waals surface area (Å²) in [7, 11) is 0. The number of hydrogen-bond acceptors (Lipinski definition) is 3. The summed E-state index contributed by atoms with van der Waals surface area (Å²) in [6.45, 7) is 2.41. The molecule has 1 aromatic heterocycles. The lowest BCUT2D eigenvalue weighted by Gasteiger charge is -2.39. The highest BCUT2D eigenvalue weighted by Crippen LogP contribution is 2.44. The molecule has 0 atom stereocenters. The van der Waals surface area contributed by atoms with Gasteiger partial charge in [0.05, 0.1) is 11.2 Å². The highest BCUT2D eigenvalue weighted by molar-refractivity contribution is 7.12. The van der Waals surface area contributed by atoms with Crippen molar-refractivity contribution in [3.05, 3.63) is 15.6 Å². The summed E-state index contributed by atoms with van der Waals surface area (Å²) in [4.78, 5) is 6.64. The standard InChI is InChI=1S/C16H24N2S/c1-11-7-9-16(10-8-11,18-12-5-6-12)15-17-13-3-2-4-14(13)19-15/h11-12,18H,2-10H2,1H3. The van der Waals surface area contributed by atoms with Crippen LogP contribution < -0.4 is 5.32 Å². The molecule has 1 aromatic rings. The van der Waals surface area contributed by atoms with E-state index >= 15 is 0 Å². The van der Waals surface area contributed by atoms with Gasteiger partial charge < -0.3 is 5.32 Å². The number of hydrogen-bond donors (Lipinski definition) is 1. The van der Waals surface area contributed by atoms with Crippen molar-refractivity contribution in [2.24, 2.45) is 5.92 Å². The van der Waals surface area contributed by atoms with Gasteiger partial charge in [0.2, 0.25) is 0 Å². The number of fused-ring (bicyclic) bond motifs is 1. The summed E-state index contributed by atoms with van der Waals surface area (Å²) in [5.74, 6) is 0.904. The molecule has 0 aromatic carbocycles. The predicted octanol–water partition coefficient (Wildman–Crippen LogP) is 3.79. The van der Waals surface area contributed by atoms with Gasteiger partial charge in [-0.2, -0.15) is 0 Å². The van der Waals surface area contributed by atoms with Gasteiger partial charge in [0, 0.05) is 10.9 Å². The zero-order chi connectivity index (χ0) is 12.9. The molecule has 1 N–H and O–H groups in total. The first-order chi connectivity index (χ1) is 9.25. The number of nitrogens with zero attached hydrogens (tertiary/aromatic N) is 1. The molecule has 0 saturated heterocycles. The zero-order valence-electron chi connectivity index (χ0n) is 11.9. The van der Waals surface area contributed by atoms with Crippen LogP contribution in [-0.4, -0.2) is 11.0 Å². The van der Waals surface area contributed by atoms with Gasteiger partial charge in [0.25, 0.3) is 0 Å². The Morgan fingerprint density at radius 3 is 2.63 bits per heavy atom. The van der Waals surface area contributed by atoms with Crippen LogP contribution in [0.3, 0.4) is 0 Å². The summed E-state index contributed by atoms with van der Waals surface area (Å²) in [6, 6.07) is 0.784. The number of thiazole rings is 1. The second kappa shape index (κ2) is 4.56. The maximum absolute atomic E-state index is 5.05. The normalized spacial score (nSPS) is 34.5. The van der Waals surface area contributed by atoms with Gasteiger partial charge in [-0.25, -0.2) is 4.98 Å². The van der Waals surface area contributed by atoms with Crippen molar-refractivity contribution in [2.75, 3.05) is 0 Å². The van der Waals surface area contributed by atoms with E-state index in [1.54, 1.807) is 4.88 Å². The van der Waals surface area contributed by atoms with Crippen LogP contribution in [0.5, 0.6) is 0 Å². The quantitative estimate of drug-likeness (QED) is 0.908. The summed E-state index contributed by atoms with van der Waals surface area (Å²) < 4.78 is 0. The molecule has 1 heterocycles. The average molecular weight is 276 g/mol. The number of nitrogens with one attached hydrogen (secondary N) is 1. The lowest BCUT2D eigenvalue weighted by atomic mass is 9.77. The summed E-state index contributed by atoms with van der Waals surface area (Å²) in [5, 5.41) is 5.41. The molecule has 2 saturated carbocycles. The van der Waals surface area contributed by atoms with Crippen LogP contribution in [0, 0.1) is 5.92 Å². The second-order valence-electron chi connectivity index (χ2n) is 6.93. The Bertz CT molecular complexity index is 446. The molecule has 0 bridgehead atoms. The summed E-state index contributed by atoms with van der Waals surface area (Å²) in [5.41, 5.74) is 1.67. The number of rotatable bonds is 3. The Morgan fingerprint density at radius 1 is 1.16 bits per heavy atom. The lowest BCUT2D eigenvalue weighted by molar-refractivity contribution is 0.193. The third-order valence-electron chi connectivity index (χ3n) is 5.19. The van der Waals surface area contributed by atoms with Gasteiger partial charge in [0.1, 0.15) is 5.01 Å². The van der Waals surface area contributed by atoms with Crippen molar-refractivity contribution in [3.8, 4) is 0 Å². The van der Waals surface area contributed by atoms with Crippen LogP contribution >= 0.6 is 11.3 Å². The Balaban J connectivity index is 1.64. The van der Waals surface area contributed by atoms with E-state index in [0.717, 1.165) is 12.0 Å². The van der Waals surface area contributed by atoms with Crippen LogP contribution in [0.2, 0.25) is 0 Å². The van der Waals surface area contributed by atoms with E-state index in [1.165, 1.54) is 68.5 Å². The average Bonchev–Trinajstić information content (AvgIpc) is 2.94. The summed E-state index contributed by atoms with van der Waals surface area (Å²) >= 11 is 2.02. The SMILES string of the molecule is CC1CCC(NC2CC2)(c2nc3c(s2)CCC3)CC1. The molecule has 3 aliphatic carbocycles. The van der Waals surface area contributed by atoms with Gasteiger partial charge in [-0.3, -0.25) is 0 Å². The first kappa shape index (κ1) is 12.3. The maximum atomic E-state index is 5.05. The molecule has 0 aliphatic heterocycles. The highest BCUT2D eigenvalue weighted by atomic mass is 32.1. The van der Waals surface area contributed by atoms with E-state index in [4.69, 9.17) is 4.98 Å². The van der Waals surface area contributed by atoms with E-state index in [-0.39, 0.29) is 5.54 Å². The van der Waals surface area contributed by atoms with E-state index in [0.29, 0.717) is 0 Å². The van der Waals surface area contributed by atoms with Crippen molar-refractivity contribution >= 4 is 11.3 Å². The van der Waals surface area contributed by atoms with Crippen LogP contribution in [0.4, 0.5) is 0 Å². The third-order valence-corrected chi connectivity index (χ3v) is 6.55. The smallest absolute Gasteiger partial charge is 0.113 e. The fraction of sp³-hybridized carbons (Fsp3) is 0.812. The maximum Gasteiger partial charge on any atom is 0.113 e. The van der Waals surface area contributed by atoms with Crippen LogP contribution in [0.25, 0.3) is 0 Å². The Labute approximate surface area is 120 Å². The second-order valence-corrected chi connectivity index (χ2v) is 8.01. The van der Waals surface area contributed by atoms with E-state index in [9.17, 15) is 0 Å². The topological polar surface area (TPSA) is 24.9 Å². The lowest BCUT2D eigenvalue weighted by Crippen LogP contribution is -2.46. The minimum Gasteiger partial charge on any atom is -0.303 e. The van der Waals surface area contributed by atoms with Crippen LogP contribution in [0.15, 0.2) is 0 Å². The number of aryl methyl sites for hydroxylation is 2. The molecule has 3 aliphatic rings. The van der Waals surface area contributed by atoms with Crippen molar-refractivity contribution in [2.45, 2.75) is 76.3 Å². The van der Waals surface area contributed by atoms with Crippen molar-refractivity contribution < 1.29 is 0 Å². The molecule has 0 amide bonds. The monoisotopic (exact) mass is 276 g/mol. The molecule has 4 rings (SSSR count). The molecule has 104 valence electrons. The first-order valence-corrected chi connectivity index (χ1v) is 8.84. The molecule has 3 heteroatoms. The van der Waals surface area contributed by atoms with Gasteiger partial charge in [0.15, 0.2) is 0 Å². The molecule has 19 heavy (non-hydrogen) atoms. The molecule has 2 fully saturated rings. The fourth-order valence-corrected chi connectivity index (χ4v) is 5.05. The van der Waals surface area contributed by atoms with Gasteiger partial charge in [-0.15, -0.1) is 11.3 Å². The van der Waals surface area contributed by atoms with Gasteiger partial charge >= 0.3 is 0 Å². The third kappa shape index (κ3) is 2.25. The van der Waals surface area contributed by atoms with Crippen LogP contribution in [-0.2, 0) is 18.4 Å². The van der Waals surface area contributed by atoms with Crippen molar-refractivity contribution in [1.29, 1.82) is 0 Å². The molecular formula is C16H24N2S. The number of aromatic nitrogens is 1. The zero-order valence-corrected chi connectivity index (χ0v) is 12.7. The fourth-order valence-electron chi connectivity index (χ4n) is 3.69. The van der Waals surface area contributed by atoms with Gasteiger partial charge in [-0.1, -0.05) is 6.92 Å². The largest absolute Gasteiger partial charge is 0.303 e. The Kier molecular flexibility index (Phi) is 2.96. The van der Waals surface area contributed by atoms with Crippen molar-refractivity contribution in [1.82, 2.24) is 10.3 Å².